The molecule has 0 amide bonds. The topological polar surface area (TPSA) is 30.7 Å². The van der Waals surface area contributed by atoms with Crippen LogP contribution in [0.1, 0.15) is 32.2 Å². The molecule has 1 aromatic heterocycles. The Kier molecular flexibility index (Phi) is 4.02. The van der Waals surface area contributed by atoms with E-state index in [1.807, 2.05) is 12.1 Å². The monoisotopic (exact) mass is 341 g/mol. The van der Waals surface area contributed by atoms with E-state index in [-0.39, 0.29) is 5.54 Å². The summed E-state index contributed by atoms with van der Waals surface area (Å²) in [5.41, 5.74) is 2.12. The zero-order valence-corrected chi connectivity index (χ0v) is 13.9. The van der Waals surface area contributed by atoms with Gasteiger partial charge in [0.15, 0.2) is 5.82 Å². The number of halogens is 2. The van der Waals surface area contributed by atoms with E-state index in [9.17, 15) is 0 Å². The van der Waals surface area contributed by atoms with Gasteiger partial charge in [0.05, 0.1) is 5.88 Å². The molecule has 3 nitrogen and oxygen atoms in total. The van der Waals surface area contributed by atoms with Crippen molar-refractivity contribution in [1.29, 1.82) is 0 Å². The zero-order valence-electron chi connectivity index (χ0n) is 11.5. The maximum absolute atomic E-state index is 5.98. The van der Waals surface area contributed by atoms with Gasteiger partial charge in [0.1, 0.15) is 5.82 Å². The van der Waals surface area contributed by atoms with Crippen LogP contribution in [0.4, 0.5) is 0 Å². The molecule has 0 atom stereocenters. The second kappa shape index (κ2) is 5.25. The van der Waals surface area contributed by atoms with Crippen molar-refractivity contribution < 1.29 is 0 Å². The number of hydrogen-bond donors (Lipinski definition) is 0. The van der Waals surface area contributed by atoms with Gasteiger partial charge in [-0.2, -0.15) is 0 Å². The number of hydrogen-bond acceptors (Lipinski definition) is 2. The summed E-state index contributed by atoms with van der Waals surface area (Å²) in [6.45, 7) is 8.46. The van der Waals surface area contributed by atoms with Gasteiger partial charge in [-0.3, -0.25) is 0 Å². The Bertz CT molecular complexity index is 599. The van der Waals surface area contributed by atoms with Gasteiger partial charge in [0.25, 0.3) is 0 Å². The normalized spacial score (nSPS) is 11.9. The third-order valence-electron chi connectivity index (χ3n) is 3.03. The highest BCUT2D eigenvalue weighted by molar-refractivity contribution is 9.10. The van der Waals surface area contributed by atoms with Crippen LogP contribution >= 0.6 is 27.5 Å². The van der Waals surface area contributed by atoms with E-state index in [1.165, 1.54) is 0 Å². The van der Waals surface area contributed by atoms with E-state index in [0.29, 0.717) is 5.88 Å². The van der Waals surface area contributed by atoms with Crippen molar-refractivity contribution in [3.05, 3.63) is 34.1 Å². The number of benzene rings is 1. The standard InChI is InChI=1S/C14H17BrClN3/c1-9-10(6-5-7-11(9)15)13-18-17-12(8-16)19(13)14(2,3)4/h5-7H,8H2,1-4H3. The van der Waals surface area contributed by atoms with Gasteiger partial charge in [-0.05, 0) is 39.3 Å². The van der Waals surface area contributed by atoms with Crippen LogP contribution in [0.3, 0.4) is 0 Å². The fourth-order valence-electron chi connectivity index (χ4n) is 2.13. The fraction of sp³-hybridized carbons (Fsp3) is 0.429. The summed E-state index contributed by atoms with van der Waals surface area (Å²) in [6.07, 6.45) is 0. The highest BCUT2D eigenvalue weighted by atomic mass is 79.9. The predicted molar refractivity (Wildman–Crippen MR) is 82.4 cm³/mol. The molecular formula is C14H17BrClN3. The van der Waals surface area contributed by atoms with Gasteiger partial charge in [-0.25, -0.2) is 0 Å². The van der Waals surface area contributed by atoms with Crippen molar-refractivity contribution in [1.82, 2.24) is 14.8 Å². The highest BCUT2D eigenvalue weighted by Gasteiger charge is 2.24. The number of nitrogens with zero attached hydrogens (tertiary/aromatic N) is 3. The smallest absolute Gasteiger partial charge is 0.164 e. The minimum absolute atomic E-state index is 0.113. The summed E-state index contributed by atoms with van der Waals surface area (Å²) < 4.78 is 3.18. The van der Waals surface area contributed by atoms with Crippen molar-refractivity contribution >= 4 is 27.5 Å². The molecule has 0 unspecified atom stereocenters. The van der Waals surface area contributed by atoms with Crippen LogP contribution in [0.15, 0.2) is 22.7 Å². The minimum atomic E-state index is -0.113. The number of alkyl halides is 1. The summed E-state index contributed by atoms with van der Waals surface area (Å²) in [5.74, 6) is 2.02. The molecule has 102 valence electrons. The van der Waals surface area contributed by atoms with E-state index in [4.69, 9.17) is 11.6 Å². The molecule has 1 aromatic carbocycles. The molecule has 0 spiro atoms. The van der Waals surface area contributed by atoms with Crippen LogP contribution in [0.2, 0.25) is 0 Å². The second-order valence-corrected chi connectivity index (χ2v) is 6.61. The van der Waals surface area contributed by atoms with E-state index in [2.05, 4.69) is 64.5 Å². The SMILES string of the molecule is Cc1c(Br)cccc1-c1nnc(CCl)n1C(C)(C)C. The molecular weight excluding hydrogens is 326 g/mol. The molecule has 0 saturated carbocycles. The summed E-state index contributed by atoms with van der Waals surface area (Å²) in [4.78, 5) is 0. The first-order valence-corrected chi connectivity index (χ1v) is 7.45. The third kappa shape index (κ3) is 2.70. The van der Waals surface area contributed by atoms with Crippen LogP contribution in [0, 0.1) is 6.92 Å². The molecule has 0 aliphatic rings. The lowest BCUT2D eigenvalue weighted by molar-refractivity contribution is 0.390. The van der Waals surface area contributed by atoms with Gasteiger partial charge < -0.3 is 4.57 Å². The van der Waals surface area contributed by atoms with E-state index >= 15 is 0 Å². The summed E-state index contributed by atoms with van der Waals surface area (Å²) in [7, 11) is 0. The molecule has 0 aliphatic carbocycles. The van der Waals surface area contributed by atoms with E-state index in [0.717, 1.165) is 27.2 Å². The maximum atomic E-state index is 5.98. The van der Waals surface area contributed by atoms with Gasteiger partial charge in [0.2, 0.25) is 0 Å². The molecule has 2 aromatic rings. The van der Waals surface area contributed by atoms with E-state index < -0.39 is 0 Å². The lowest BCUT2D eigenvalue weighted by atomic mass is 10.0. The Balaban J connectivity index is 2.70. The average Bonchev–Trinajstić information content (AvgIpc) is 2.76. The van der Waals surface area contributed by atoms with Crippen molar-refractivity contribution in [2.45, 2.75) is 39.1 Å². The Morgan fingerprint density at radius 1 is 1.26 bits per heavy atom. The van der Waals surface area contributed by atoms with Gasteiger partial charge >= 0.3 is 0 Å². The molecule has 0 radical (unpaired) electrons. The van der Waals surface area contributed by atoms with Gasteiger partial charge in [0, 0.05) is 15.6 Å². The molecule has 0 bridgehead atoms. The fourth-order valence-corrected chi connectivity index (χ4v) is 2.67. The average molecular weight is 343 g/mol. The first kappa shape index (κ1) is 14.5. The van der Waals surface area contributed by atoms with Gasteiger partial charge in [-0.15, -0.1) is 21.8 Å². The van der Waals surface area contributed by atoms with Crippen molar-refractivity contribution in [3.63, 3.8) is 0 Å². The number of rotatable bonds is 2. The molecule has 0 saturated heterocycles. The van der Waals surface area contributed by atoms with Crippen molar-refractivity contribution in [3.8, 4) is 11.4 Å². The third-order valence-corrected chi connectivity index (χ3v) is 4.13. The Labute approximate surface area is 127 Å². The van der Waals surface area contributed by atoms with Crippen molar-refractivity contribution in [2.75, 3.05) is 0 Å². The first-order valence-electron chi connectivity index (χ1n) is 6.12. The van der Waals surface area contributed by atoms with Crippen molar-refractivity contribution in [2.24, 2.45) is 0 Å². The lowest BCUT2D eigenvalue weighted by Crippen LogP contribution is -2.25. The van der Waals surface area contributed by atoms with Crippen LogP contribution in [0.5, 0.6) is 0 Å². The molecule has 19 heavy (non-hydrogen) atoms. The molecule has 1 heterocycles. The largest absolute Gasteiger partial charge is 0.305 e. The molecule has 2 rings (SSSR count). The summed E-state index contributed by atoms with van der Waals surface area (Å²) in [6, 6.07) is 6.10. The maximum Gasteiger partial charge on any atom is 0.164 e. The molecule has 0 fully saturated rings. The predicted octanol–water partition coefficient (Wildman–Crippen LogP) is 4.51. The Morgan fingerprint density at radius 3 is 2.53 bits per heavy atom. The van der Waals surface area contributed by atoms with Crippen LogP contribution in [-0.4, -0.2) is 14.8 Å². The van der Waals surface area contributed by atoms with Crippen LogP contribution < -0.4 is 0 Å². The minimum Gasteiger partial charge on any atom is -0.305 e. The highest BCUT2D eigenvalue weighted by Crippen LogP contribution is 2.31. The zero-order chi connectivity index (χ0) is 14.2. The summed E-state index contributed by atoms with van der Waals surface area (Å²) in [5, 5.41) is 8.55. The van der Waals surface area contributed by atoms with E-state index in [1.54, 1.807) is 0 Å². The second-order valence-electron chi connectivity index (χ2n) is 5.49. The first-order chi connectivity index (χ1) is 8.86. The summed E-state index contributed by atoms with van der Waals surface area (Å²) >= 11 is 9.54. The quantitative estimate of drug-likeness (QED) is 0.752. The lowest BCUT2D eigenvalue weighted by Gasteiger charge is -2.25. The Morgan fingerprint density at radius 2 is 1.95 bits per heavy atom. The van der Waals surface area contributed by atoms with Crippen LogP contribution in [-0.2, 0) is 11.4 Å². The Hall–Kier alpha value is -0.870. The molecule has 5 heteroatoms. The number of aromatic nitrogens is 3. The van der Waals surface area contributed by atoms with Gasteiger partial charge in [-0.1, -0.05) is 28.1 Å². The van der Waals surface area contributed by atoms with Crippen LogP contribution in [0.25, 0.3) is 11.4 Å². The molecule has 0 N–H and O–H groups in total. The molecule has 0 aliphatic heterocycles.